The maximum atomic E-state index is 13.9. The topological polar surface area (TPSA) is 29.0 Å². The van der Waals surface area contributed by atoms with Crippen LogP contribution in [0.2, 0.25) is 0 Å². The molecule has 0 spiro atoms. The van der Waals surface area contributed by atoms with Crippen LogP contribution in [-0.2, 0) is 0 Å². The van der Waals surface area contributed by atoms with Crippen LogP contribution in [0.25, 0.3) is 21.1 Å². The Balaban J connectivity index is 1.57. The molecule has 4 rings (SSSR count). The van der Waals surface area contributed by atoms with Gasteiger partial charge >= 0.3 is 0 Å². The molecular weight excluding hydrogens is 360 g/mol. The van der Waals surface area contributed by atoms with Crippen LogP contribution < -0.4 is 4.90 Å². The van der Waals surface area contributed by atoms with E-state index in [4.69, 9.17) is 0 Å². The van der Waals surface area contributed by atoms with Gasteiger partial charge in [0.15, 0.2) is 5.82 Å². The Labute approximate surface area is 152 Å². The summed E-state index contributed by atoms with van der Waals surface area (Å²) in [7, 11) is 0. The Hall–Kier alpha value is -1.99. The van der Waals surface area contributed by atoms with Gasteiger partial charge < -0.3 is 4.90 Å². The summed E-state index contributed by atoms with van der Waals surface area (Å²) in [4.78, 5) is 11.4. The summed E-state index contributed by atoms with van der Waals surface area (Å²) in [6, 6.07) is 9.17. The molecule has 0 radical (unpaired) electrons. The van der Waals surface area contributed by atoms with Crippen LogP contribution in [0, 0.1) is 11.6 Å². The second-order valence-electron chi connectivity index (χ2n) is 5.66. The first-order chi connectivity index (χ1) is 12.2. The fourth-order valence-corrected chi connectivity index (χ4v) is 4.57. The molecule has 25 heavy (non-hydrogen) atoms. The third-order valence-electron chi connectivity index (χ3n) is 4.04. The van der Waals surface area contributed by atoms with Crippen molar-refractivity contribution < 1.29 is 8.78 Å². The van der Waals surface area contributed by atoms with Crippen molar-refractivity contribution in [3.8, 4) is 21.1 Å². The maximum absolute atomic E-state index is 13.9. The Morgan fingerprint density at radius 2 is 1.72 bits per heavy atom. The molecule has 3 heterocycles. The van der Waals surface area contributed by atoms with E-state index in [-0.39, 0.29) is 5.69 Å². The first-order valence-corrected chi connectivity index (χ1v) is 9.88. The number of hydrogen-bond donors (Lipinski definition) is 0. The highest BCUT2D eigenvalue weighted by Gasteiger charge is 2.14. The molecule has 128 valence electrons. The zero-order chi connectivity index (χ0) is 17.2. The van der Waals surface area contributed by atoms with E-state index in [1.54, 1.807) is 6.20 Å². The molecule has 1 saturated heterocycles. The lowest BCUT2D eigenvalue weighted by atomic mass is 10.2. The standard InChI is InChI=1S/C18H15F2N3S2/c19-13-9-15(20)17(21-10-13)18-22-11-16(25-18)12-1-3-14(4-2-12)23-5-7-24-8-6-23/h1-4,9-11H,5-8H2. The van der Waals surface area contributed by atoms with Gasteiger partial charge in [-0.05, 0) is 17.7 Å². The van der Waals surface area contributed by atoms with Gasteiger partial charge in [-0.2, -0.15) is 11.8 Å². The van der Waals surface area contributed by atoms with Gasteiger partial charge in [0.2, 0.25) is 0 Å². The van der Waals surface area contributed by atoms with Crippen molar-refractivity contribution in [1.29, 1.82) is 0 Å². The minimum atomic E-state index is -0.695. The van der Waals surface area contributed by atoms with Crippen LogP contribution >= 0.6 is 23.1 Å². The number of anilines is 1. The molecule has 0 bridgehead atoms. The molecule has 7 heteroatoms. The van der Waals surface area contributed by atoms with Crippen molar-refractivity contribution >= 4 is 28.8 Å². The third-order valence-corrected chi connectivity index (χ3v) is 6.04. The summed E-state index contributed by atoms with van der Waals surface area (Å²) in [6.45, 7) is 2.15. The third kappa shape index (κ3) is 3.52. The minimum absolute atomic E-state index is 0.0834. The molecule has 1 aliphatic heterocycles. The first-order valence-electron chi connectivity index (χ1n) is 7.91. The number of nitrogens with zero attached hydrogens (tertiary/aromatic N) is 3. The highest BCUT2D eigenvalue weighted by atomic mass is 32.2. The monoisotopic (exact) mass is 375 g/mol. The number of halogens is 2. The number of pyridine rings is 1. The summed E-state index contributed by atoms with van der Waals surface area (Å²) in [5.41, 5.74) is 2.33. The average molecular weight is 375 g/mol. The Bertz CT molecular complexity index is 874. The van der Waals surface area contributed by atoms with Crippen LogP contribution in [-0.4, -0.2) is 34.6 Å². The molecule has 3 aromatic rings. The van der Waals surface area contributed by atoms with E-state index in [0.29, 0.717) is 5.01 Å². The number of hydrogen-bond acceptors (Lipinski definition) is 5. The molecule has 0 amide bonds. The molecule has 0 aliphatic carbocycles. The number of thiazole rings is 1. The van der Waals surface area contributed by atoms with Crippen LogP contribution in [0.15, 0.2) is 42.7 Å². The largest absolute Gasteiger partial charge is 0.370 e. The highest BCUT2D eigenvalue weighted by Crippen LogP contribution is 2.33. The van der Waals surface area contributed by atoms with E-state index < -0.39 is 11.6 Å². The lowest BCUT2D eigenvalue weighted by Gasteiger charge is -2.28. The van der Waals surface area contributed by atoms with E-state index in [2.05, 4.69) is 39.1 Å². The van der Waals surface area contributed by atoms with Gasteiger partial charge in [0, 0.05) is 42.5 Å². The van der Waals surface area contributed by atoms with Crippen LogP contribution in [0.1, 0.15) is 0 Å². The first kappa shape index (κ1) is 16.5. The van der Waals surface area contributed by atoms with E-state index >= 15 is 0 Å². The van der Waals surface area contributed by atoms with Gasteiger partial charge in [-0.1, -0.05) is 12.1 Å². The van der Waals surface area contributed by atoms with Crippen molar-refractivity contribution in [2.45, 2.75) is 0 Å². The fraction of sp³-hybridized carbons (Fsp3) is 0.222. The van der Waals surface area contributed by atoms with Crippen molar-refractivity contribution in [3.05, 3.63) is 54.4 Å². The molecule has 0 unspecified atom stereocenters. The summed E-state index contributed by atoms with van der Waals surface area (Å²) in [5, 5.41) is 0.449. The van der Waals surface area contributed by atoms with Gasteiger partial charge in [-0.15, -0.1) is 11.3 Å². The maximum Gasteiger partial charge on any atom is 0.154 e. The van der Waals surface area contributed by atoms with E-state index in [1.165, 1.54) is 17.0 Å². The van der Waals surface area contributed by atoms with E-state index in [9.17, 15) is 8.78 Å². The zero-order valence-electron chi connectivity index (χ0n) is 13.3. The van der Waals surface area contributed by atoms with E-state index in [0.717, 1.165) is 47.3 Å². The normalized spacial score (nSPS) is 14.7. The Morgan fingerprint density at radius 1 is 0.960 bits per heavy atom. The quantitative estimate of drug-likeness (QED) is 0.663. The molecule has 1 aromatic carbocycles. The van der Waals surface area contributed by atoms with Crippen LogP contribution in [0.3, 0.4) is 0 Å². The summed E-state index contributed by atoms with van der Waals surface area (Å²) in [5.74, 6) is 0.941. The second kappa shape index (κ2) is 7.09. The Kier molecular flexibility index (Phi) is 4.67. The molecular formula is C18H15F2N3S2. The molecule has 2 aromatic heterocycles. The van der Waals surface area contributed by atoms with Crippen molar-refractivity contribution in [2.24, 2.45) is 0 Å². The molecule has 1 aliphatic rings. The fourth-order valence-electron chi connectivity index (χ4n) is 2.75. The molecule has 3 nitrogen and oxygen atoms in total. The smallest absolute Gasteiger partial charge is 0.154 e. The molecule has 0 saturated carbocycles. The number of rotatable bonds is 3. The minimum Gasteiger partial charge on any atom is -0.370 e. The number of thioether (sulfide) groups is 1. The number of benzene rings is 1. The SMILES string of the molecule is Fc1cnc(-c2ncc(-c3ccc(N4CCSCC4)cc3)s2)c(F)c1. The number of aromatic nitrogens is 2. The summed E-state index contributed by atoms with van der Waals surface area (Å²) in [6.07, 6.45) is 2.71. The Morgan fingerprint density at radius 3 is 2.44 bits per heavy atom. The van der Waals surface area contributed by atoms with Crippen molar-refractivity contribution in [1.82, 2.24) is 9.97 Å². The van der Waals surface area contributed by atoms with Gasteiger partial charge in [0.05, 0.1) is 11.1 Å². The predicted molar refractivity (Wildman–Crippen MR) is 100 cm³/mol. The predicted octanol–water partition coefficient (Wildman–Crippen LogP) is 4.70. The van der Waals surface area contributed by atoms with Gasteiger partial charge in [-0.3, -0.25) is 0 Å². The average Bonchev–Trinajstić information content (AvgIpc) is 3.12. The van der Waals surface area contributed by atoms with Crippen molar-refractivity contribution in [3.63, 3.8) is 0 Å². The van der Waals surface area contributed by atoms with Gasteiger partial charge in [0.1, 0.15) is 16.5 Å². The molecule has 1 fully saturated rings. The second-order valence-corrected chi connectivity index (χ2v) is 7.92. The molecule has 0 N–H and O–H groups in total. The van der Waals surface area contributed by atoms with Gasteiger partial charge in [0.25, 0.3) is 0 Å². The zero-order valence-corrected chi connectivity index (χ0v) is 14.9. The van der Waals surface area contributed by atoms with Gasteiger partial charge in [-0.25, -0.2) is 18.7 Å². The van der Waals surface area contributed by atoms with Crippen LogP contribution in [0.4, 0.5) is 14.5 Å². The van der Waals surface area contributed by atoms with Crippen molar-refractivity contribution in [2.75, 3.05) is 29.5 Å². The van der Waals surface area contributed by atoms with E-state index in [1.807, 2.05) is 11.8 Å². The highest BCUT2D eigenvalue weighted by molar-refractivity contribution is 7.99. The summed E-state index contributed by atoms with van der Waals surface area (Å²) < 4.78 is 26.9. The lowest BCUT2D eigenvalue weighted by Crippen LogP contribution is -2.32. The lowest BCUT2D eigenvalue weighted by molar-refractivity contribution is 0.576. The van der Waals surface area contributed by atoms with Crippen LogP contribution in [0.5, 0.6) is 0 Å². The summed E-state index contributed by atoms with van der Waals surface area (Å²) >= 11 is 3.34. The molecule has 0 atom stereocenters.